The van der Waals surface area contributed by atoms with Gasteiger partial charge in [0.05, 0.1) is 6.42 Å². The summed E-state index contributed by atoms with van der Waals surface area (Å²) >= 11 is 0. The zero-order valence-corrected chi connectivity index (χ0v) is 5.22. The van der Waals surface area contributed by atoms with Crippen LogP contribution < -0.4 is 0 Å². The third-order valence-electron chi connectivity index (χ3n) is 0.638. The van der Waals surface area contributed by atoms with Crippen LogP contribution in [0.3, 0.4) is 0 Å². The third-order valence-corrected chi connectivity index (χ3v) is 0.638. The Kier molecular flexibility index (Phi) is 4.25. The van der Waals surface area contributed by atoms with Crippen molar-refractivity contribution in [2.45, 2.75) is 13.3 Å². The van der Waals surface area contributed by atoms with Crippen LogP contribution >= 0.6 is 0 Å². The first-order valence-electron chi connectivity index (χ1n) is 2.56. The summed E-state index contributed by atoms with van der Waals surface area (Å²) < 4.78 is 0. The highest BCUT2D eigenvalue weighted by molar-refractivity contribution is 5.68. The summed E-state index contributed by atoms with van der Waals surface area (Å²) in [6.07, 6.45) is 3.10. The minimum absolute atomic E-state index is 0.0503. The van der Waals surface area contributed by atoms with Gasteiger partial charge in [-0.3, -0.25) is 4.79 Å². The van der Waals surface area contributed by atoms with E-state index in [2.05, 4.69) is 11.8 Å². The van der Waals surface area contributed by atoms with Gasteiger partial charge >= 0.3 is 5.97 Å². The Labute approximate surface area is 54.2 Å². The Morgan fingerprint density at radius 3 is 2.89 bits per heavy atom. The second-order valence-electron chi connectivity index (χ2n) is 1.39. The van der Waals surface area contributed by atoms with E-state index >= 15 is 0 Å². The van der Waals surface area contributed by atoms with E-state index in [1.807, 2.05) is 0 Å². The van der Waals surface area contributed by atoms with Gasteiger partial charge in [0.1, 0.15) is 0 Å². The summed E-state index contributed by atoms with van der Waals surface area (Å²) in [4.78, 5) is 9.86. The Morgan fingerprint density at radius 1 is 1.78 bits per heavy atom. The first-order chi connectivity index (χ1) is 4.27. The molecule has 0 saturated carbocycles. The van der Waals surface area contributed by atoms with E-state index in [-0.39, 0.29) is 6.42 Å². The minimum Gasteiger partial charge on any atom is -0.481 e. The van der Waals surface area contributed by atoms with E-state index in [0.29, 0.717) is 0 Å². The second kappa shape index (κ2) is 4.92. The summed E-state index contributed by atoms with van der Waals surface area (Å²) in [6, 6.07) is 0. The van der Waals surface area contributed by atoms with Crippen LogP contribution in [-0.2, 0) is 4.79 Å². The fraction of sp³-hybridized carbons (Fsp3) is 0.286. The Bertz CT molecular complexity index is 169. The maximum Gasteiger partial charge on any atom is 0.307 e. The lowest BCUT2D eigenvalue weighted by molar-refractivity contribution is -0.135. The van der Waals surface area contributed by atoms with Crippen LogP contribution in [0.25, 0.3) is 0 Å². The van der Waals surface area contributed by atoms with E-state index in [9.17, 15) is 4.79 Å². The molecule has 0 radical (unpaired) electrons. The number of hydrogen-bond acceptors (Lipinski definition) is 1. The summed E-state index contributed by atoms with van der Waals surface area (Å²) in [5.74, 6) is 4.39. The number of aliphatic carboxylic acids is 1. The first-order valence-corrected chi connectivity index (χ1v) is 2.56. The predicted molar refractivity (Wildman–Crippen MR) is 34.8 cm³/mol. The number of carboxylic acids is 1. The average molecular weight is 124 g/mol. The largest absolute Gasteiger partial charge is 0.481 e. The molecule has 0 aromatic heterocycles. The van der Waals surface area contributed by atoms with Crippen LogP contribution in [0.5, 0.6) is 0 Å². The number of carboxylic acid groups (broad SMARTS) is 1. The zero-order chi connectivity index (χ0) is 7.11. The van der Waals surface area contributed by atoms with E-state index in [1.165, 1.54) is 12.2 Å². The lowest BCUT2D eigenvalue weighted by Gasteiger charge is -1.77. The monoisotopic (exact) mass is 124 g/mol. The van der Waals surface area contributed by atoms with E-state index in [0.717, 1.165) is 0 Å². The molecule has 0 rings (SSSR count). The fourth-order valence-electron chi connectivity index (χ4n) is 0.302. The molecule has 2 nitrogen and oxygen atoms in total. The highest BCUT2D eigenvalue weighted by atomic mass is 16.4. The molecule has 0 aromatic rings. The van der Waals surface area contributed by atoms with Crippen molar-refractivity contribution in [2.24, 2.45) is 0 Å². The molecule has 1 N–H and O–H groups in total. The van der Waals surface area contributed by atoms with Gasteiger partial charge in [0.25, 0.3) is 0 Å². The van der Waals surface area contributed by atoms with Gasteiger partial charge in [-0.15, -0.1) is 5.92 Å². The number of rotatable bonds is 2. The van der Waals surface area contributed by atoms with Crippen molar-refractivity contribution in [1.82, 2.24) is 0 Å². The molecule has 0 aliphatic carbocycles. The van der Waals surface area contributed by atoms with Gasteiger partial charge < -0.3 is 5.11 Å². The van der Waals surface area contributed by atoms with Crippen molar-refractivity contribution in [3.63, 3.8) is 0 Å². The fourth-order valence-corrected chi connectivity index (χ4v) is 0.302. The molecule has 0 saturated heterocycles. The van der Waals surface area contributed by atoms with Crippen LogP contribution in [0.15, 0.2) is 12.2 Å². The van der Waals surface area contributed by atoms with Gasteiger partial charge in [-0.25, -0.2) is 0 Å². The molecular formula is C7H8O2. The van der Waals surface area contributed by atoms with Crippen LogP contribution in [0.4, 0.5) is 0 Å². The van der Waals surface area contributed by atoms with Gasteiger partial charge in [-0.1, -0.05) is 12.0 Å². The Balaban J connectivity index is 3.44. The Hall–Kier alpha value is -1.23. The van der Waals surface area contributed by atoms with E-state index in [4.69, 9.17) is 5.11 Å². The maximum atomic E-state index is 9.86. The van der Waals surface area contributed by atoms with Crippen molar-refractivity contribution in [1.29, 1.82) is 0 Å². The lowest BCUT2D eigenvalue weighted by Crippen LogP contribution is -1.89. The quantitative estimate of drug-likeness (QED) is 0.558. The second-order valence-corrected chi connectivity index (χ2v) is 1.39. The average Bonchev–Trinajstić information content (AvgIpc) is 1.80. The van der Waals surface area contributed by atoms with Crippen LogP contribution in [0.2, 0.25) is 0 Å². The van der Waals surface area contributed by atoms with Crippen LogP contribution in [0.1, 0.15) is 13.3 Å². The molecule has 9 heavy (non-hydrogen) atoms. The molecule has 0 unspecified atom stereocenters. The molecule has 0 heterocycles. The van der Waals surface area contributed by atoms with Gasteiger partial charge in [0, 0.05) is 0 Å². The molecular weight excluding hydrogens is 116 g/mol. The number of hydrogen-bond donors (Lipinski definition) is 1. The normalized spacial score (nSPS) is 8.56. The molecule has 0 bridgehead atoms. The zero-order valence-electron chi connectivity index (χ0n) is 5.22. The summed E-state index contributed by atoms with van der Waals surface area (Å²) in [5, 5.41) is 8.11. The molecule has 2 heteroatoms. The highest BCUT2D eigenvalue weighted by Gasteiger charge is 1.86. The molecule has 0 atom stereocenters. The minimum atomic E-state index is -0.829. The van der Waals surface area contributed by atoms with Crippen molar-refractivity contribution < 1.29 is 9.90 Å². The van der Waals surface area contributed by atoms with Gasteiger partial charge in [0.2, 0.25) is 0 Å². The maximum absolute atomic E-state index is 9.86. The standard InChI is InChI=1S/C7H8O2/c1-2-3-4-5-6-7(8)9/h4-5H,6H2,1H3,(H,8,9). The van der Waals surface area contributed by atoms with E-state index in [1.54, 1.807) is 6.92 Å². The molecule has 0 aliphatic rings. The third kappa shape index (κ3) is 6.77. The molecule has 48 valence electrons. The first kappa shape index (κ1) is 7.77. The van der Waals surface area contributed by atoms with E-state index < -0.39 is 5.97 Å². The van der Waals surface area contributed by atoms with Gasteiger partial charge in [-0.2, -0.15) is 0 Å². The molecule has 0 fully saturated rings. The highest BCUT2D eigenvalue weighted by Crippen LogP contribution is 1.79. The number of allylic oxidation sites excluding steroid dienone is 1. The number of carbonyl (C=O) groups is 1. The van der Waals surface area contributed by atoms with Gasteiger partial charge in [0.15, 0.2) is 0 Å². The van der Waals surface area contributed by atoms with Gasteiger partial charge in [-0.05, 0) is 13.0 Å². The lowest BCUT2D eigenvalue weighted by atomic mass is 10.4. The van der Waals surface area contributed by atoms with Crippen molar-refractivity contribution in [3.05, 3.63) is 12.2 Å². The molecule has 0 aromatic carbocycles. The topological polar surface area (TPSA) is 37.3 Å². The smallest absolute Gasteiger partial charge is 0.307 e. The van der Waals surface area contributed by atoms with Crippen LogP contribution in [0, 0.1) is 11.8 Å². The molecule has 0 aliphatic heterocycles. The van der Waals surface area contributed by atoms with Crippen molar-refractivity contribution >= 4 is 5.97 Å². The summed E-state index contributed by atoms with van der Waals surface area (Å²) in [7, 11) is 0. The molecule has 0 amide bonds. The SMILES string of the molecule is CC#CC=CCC(=O)O. The van der Waals surface area contributed by atoms with Crippen LogP contribution in [-0.4, -0.2) is 11.1 Å². The Morgan fingerprint density at radius 2 is 2.44 bits per heavy atom. The molecule has 0 spiro atoms. The van der Waals surface area contributed by atoms with Crippen molar-refractivity contribution in [2.75, 3.05) is 0 Å². The summed E-state index contributed by atoms with van der Waals surface area (Å²) in [6.45, 7) is 1.70. The van der Waals surface area contributed by atoms with Crippen molar-refractivity contribution in [3.8, 4) is 11.8 Å². The predicted octanol–water partition coefficient (Wildman–Crippen LogP) is 1.04. The summed E-state index contributed by atoms with van der Waals surface area (Å²) in [5.41, 5.74) is 0.